The van der Waals surface area contributed by atoms with Crippen molar-refractivity contribution in [2.45, 2.75) is 37.6 Å². The van der Waals surface area contributed by atoms with Gasteiger partial charge in [0.05, 0.1) is 10.9 Å². The third kappa shape index (κ3) is 4.85. The lowest BCUT2D eigenvalue weighted by Gasteiger charge is -2.34. The van der Waals surface area contributed by atoms with Crippen LogP contribution >= 0.6 is 0 Å². The van der Waals surface area contributed by atoms with Crippen molar-refractivity contribution in [1.29, 1.82) is 0 Å². The zero-order valence-electron chi connectivity index (χ0n) is 16.2. The Morgan fingerprint density at radius 1 is 1.26 bits per heavy atom. The molecule has 0 radical (unpaired) electrons. The zero-order valence-corrected chi connectivity index (χ0v) is 17.0. The fraction of sp³-hybridized carbons (Fsp3) is 0.556. The minimum absolute atomic E-state index is 0.128. The average molecular weight is 397 g/mol. The lowest BCUT2D eigenvalue weighted by atomic mass is 9.95. The van der Waals surface area contributed by atoms with Crippen molar-refractivity contribution >= 4 is 27.5 Å². The van der Waals surface area contributed by atoms with Gasteiger partial charge < -0.3 is 11.1 Å². The van der Waals surface area contributed by atoms with Crippen LogP contribution in [0, 0.1) is 12.8 Å². The molecule has 1 aromatic rings. The van der Waals surface area contributed by atoms with E-state index in [1.54, 1.807) is 13.0 Å². The van der Waals surface area contributed by atoms with E-state index in [-0.39, 0.29) is 22.6 Å². The van der Waals surface area contributed by atoms with Crippen LogP contribution in [-0.2, 0) is 19.6 Å². The predicted molar refractivity (Wildman–Crippen MR) is 104 cm³/mol. The first-order chi connectivity index (χ1) is 12.5. The van der Waals surface area contributed by atoms with Gasteiger partial charge in [0.15, 0.2) is 0 Å². The third-order valence-corrected chi connectivity index (χ3v) is 6.92. The lowest BCUT2D eigenvalue weighted by molar-refractivity contribution is -0.124. The predicted octanol–water partition coefficient (Wildman–Crippen LogP) is 0.770. The van der Waals surface area contributed by atoms with E-state index in [2.05, 4.69) is 5.32 Å². The van der Waals surface area contributed by atoms with E-state index in [9.17, 15) is 18.0 Å². The molecule has 27 heavy (non-hydrogen) atoms. The Morgan fingerprint density at radius 2 is 1.85 bits per heavy atom. The summed E-state index contributed by atoms with van der Waals surface area (Å²) in [6.07, 6.45) is 1.28. The number of carbonyl (C=O) groups is 2. The van der Waals surface area contributed by atoms with Crippen LogP contribution in [0.4, 0.5) is 5.69 Å². The Labute approximate surface area is 160 Å². The lowest BCUT2D eigenvalue weighted by Crippen LogP contribution is -2.47. The molecular weight excluding hydrogens is 368 g/mol. The highest BCUT2D eigenvalue weighted by Gasteiger charge is 2.29. The molecule has 2 rings (SSSR count). The van der Waals surface area contributed by atoms with Crippen molar-refractivity contribution in [3.05, 3.63) is 23.8 Å². The number of hydrogen-bond donors (Lipinski definition) is 2. The summed E-state index contributed by atoms with van der Waals surface area (Å²) < 4.78 is 25.8. The summed E-state index contributed by atoms with van der Waals surface area (Å²) in [5.41, 5.74) is 6.60. The van der Waals surface area contributed by atoms with E-state index in [0.29, 0.717) is 31.6 Å². The topological polar surface area (TPSA) is 113 Å². The Morgan fingerprint density at radius 3 is 2.37 bits per heavy atom. The molecule has 1 saturated heterocycles. The van der Waals surface area contributed by atoms with Crippen molar-refractivity contribution < 1.29 is 18.0 Å². The molecule has 0 bridgehead atoms. The van der Waals surface area contributed by atoms with Gasteiger partial charge in [-0.15, -0.1) is 0 Å². The monoisotopic (exact) mass is 396 g/mol. The van der Waals surface area contributed by atoms with Crippen molar-refractivity contribution in [1.82, 2.24) is 9.21 Å². The first-order valence-electron chi connectivity index (χ1n) is 8.91. The molecule has 0 unspecified atom stereocenters. The number of nitrogens with two attached hydrogens (primary N) is 1. The molecule has 0 aliphatic carbocycles. The maximum atomic E-state index is 12.7. The average Bonchev–Trinajstić information content (AvgIpc) is 2.62. The highest BCUT2D eigenvalue weighted by molar-refractivity contribution is 7.89. The zero-order chi connectivity index (χ0) is 20.4. The highest BCUT2D eigenvalue weighted by Crippen LogP contribution is 2.23. The van der Waals surface area contributed by atoms with E-state index in [0.717, 1.165) is 9.87 Å². The van der Waals surface area contributed by atoms with E-state index < -0.39 is 16.1 Å². The number of nitrogens with one attached hydrogen (secondary N) is 1. The Bertz CT molecular complexity index is 815. The quantitative estimate of drug-likeness (QED) is 0.737. The molecule has 2 amide bonds. The van der Waals surface area contributed by atoms with Gasteiger partial charge >= 0.3 is 0 Å². The standard InChI is InChI=1S/C18H28N4O4S/c1-12-5-6-15(27(25,26)21(3)4)11-16(12)20-18(24)13(2)22-9-7-14(8-10-22)17(19)23/h5-6,11,13-14H,7-10H2,1-4H3,(H2,19,23)(H,20,24)/t13-/m1/s1. The molecule has 3 N–H and O–H groups in total. The number of primary amides is 1. The fourth-order valence-corrected chi connectivity index (χ4v) is 4.01. The molecule has 150 valence electrons. The van der Waals surface area contributed by atoms with Crippen molar-refractivity contribution in [2.75, 3.05) is 32.5 Å². The number of nitrogens with zero attached hydrogens (tertiary/aromatic N) is 2. The van der Waals surface area contributed by atoms with Crippen LogP contribution in [0.3, 0.4) is 0 Å². The molecule has 1 aliphatic heterocycles. The molecule has 1 aromatic carbocycles. The summed E-state index contributed by atoms with van der Waals surface area (Å²) in [5, 5.41) is 2.84. The Balaban J connectivity index is 2.10. The van der Waals surface area contributed by atoms with Gasteiger partial charge in [-0.25, -0.2) is 12.7 Å². The van der Waals surface area contributed by atoms with Gasteiger partial charge in [0.1, 0.15) is 0 Å². The van der Waals surface area contributed by atoms with Gasteiger partial charge in [0.2, 0.25) is 21.8 Å². The summed E-state index contributed by atoms with van der Waals surface area (Å²) in [6.45, 7) is 4.85. The SMILES string of the molecule is Cc1ccc(S(=O)(=O)N(C)C)cc1NC(=O)[C@@H](C)N1CCC(C(N)=O)CC1. The first kappa shape index (κ1) is 21.3. The molecule has 0 aromatic heterocycles. The van der Waals surface area contributed by atoms with Crippen LogP contribution in [-0.4, -0.2) is 62.7 Å². The van der Waals surface area contributed by atoms with Gasteiger partial charge in [-0.2, -0.15) is 0 Å². The van der Waals surface area contributed by atoms with Crippen LogP contribution in [0.5, 0.6) is 0 Å². The van der Waals surface area contributed by atoms with Crippen molar-refractivity contribution in [3.8, 4) is 0 Å². The molecule has 1 atom stereocenters. The molecule has 1 fully saturated rings. The van der Waals surface area contributed by atoms with Crippen LogP contribution in [0.1, 0.15) is 25.3 Å². The first-order valence-corrected chi connectivity index (χ1v) is 10.4. The number of sulfonamides is 1. The molecular formula is C18H28N4O4S. The minimum atomic E-state index is -3.58. The number of hydrogen-bond acceptors (Lipinski definition) is 5. The van der Waals surface area contributed by atoms with Crippen LogP contribution in [0.25, 0.3) is 0 Å². The largest absolute Gasteiger partial charge is 0.369 e. The molecule has 0 spiro atoms. The van der Waals surface area contributed by atoms with Gasteiger partial charge in [-0.05, 0) is 57.5 Å². The molecule has 9 heteroatoms. The highest BCUT2D eigenvalue weighted by atomic mass is 32.2. The number of benzene rings is 1. The number of aryl methyl sites for hydroxylation is 1. The molecule has 0 saturated carbocycles. The summed E-state index contributed by atoms with van der Waals surface area (Å²) in [7, 11) is -0.652. The number of amides is 2. The van der Waals surface area contributed by atoms with Crippen molar-refractivity contribution in [2.24, 2.45) is 11.7 Å². The Kier molecular flexibility index (Phi) is 6.61. The second-order valence-corrected chi connectivity index (χ2v) is 9.29. The number of anilines is 1. The molecule has 1 heterocycles. The second kappa shape index (κ2) is 8.37. The van der Waals surface area contributed by atoms with Gasteiger partial charge in [-0.3, -0.25) is 14.5 Å². The van der Waals surface area contributed by atoms with Gasteiger partial charge in [-0.1, -0.05) is 6.07 Å². The van der Waals surface area contributed by atoms with E-state index in [4.69, 9.17) is 5.73 Å². The maximum Gasteiger partial charge on any atom is 0.242 e. The summed E-state index contributed by atoms with van der Waals surface area (Å²) in [5.74, 6) is -0.636. The number of likely N-dealkylation sites (tertiary alicyclic amines) is 1. The summed E-state index contributed by atoms with van der Waals surface area (Å²) in [6, 6.07) is 4.29. The number of piperidine rings is 1. The molecule has 1 aliphatic rings. The third-order valence-electron chi connectivity index (χ3n) is 5.10. The Hall–Kier alpha value is -1.97. The van der Waals surface area contributed by atoms with Crippen LogP contribution < -0.4 is 11.1 Å². The van der Waals surface area contributed by atoms with Crippen LogP contribution in [0.15, 0.2) is 23.1 Å². The number of rotatable bonds is 6. The normalized spacial score (nSPS) is 17.7. The smallest absolute Gasteiger partial charge is 0.242 e. The summed E-state index contributed by atoms with van der Waals surface area (Å²) in [4.78, 5) is 26.1. The maximum absolute atomic E-state index is 12.7. The van der Waals surface area contributed by atoms with Crippen LogP contribution in [0.2, 0.25) is 0 Å². The van der Waals surface area contributed by atoms with E-state index in [1.165, 1.54) is 26.2 Å². The fourth-order valence-electron chi connectivity index (χ4n) is 3.08. The van der Waals surface area contributed by atoms with E-state index in [1.807, 2.05) is 11.8 Å². The van der Waals surface area contributed by atoms with Crippen molar-refractivity contribution in [3.63, 3.8) is 0 Å². The second-order valence-electron chi connectivity index (χ2n) is 7.14. The molecule has 8 nitrogen and oxygen atoms in total. The summed E-state index contributed by atoms with van der Waals surface area (Å²) >= 11 is 0. The van der Waals surface area contributed by atoms with E-state index >= 15 is 0 Å². The minimum Gasteiger partial charge on any atom is -0.369 e. The number of carbonyl (C=O) groups excluding carboxylic acids is 2. The van der Waals surface area contributed by atoms with Gasteiger partial charge in [0.25, 0.3) is 0 Å². The van der Waals surface area contributed by atoms with Gasteiger partial charge in [0, 0.05) is 25.7 Å².